The fourth-order valence-electron chi connectivity index (χ4n) is 1.91. The lowest BCUT2D eigenvalue weighted by Gasteiger charge is -2.16. The van der Waals surface area contributed by atoms with Gasteiger partial charge in [-0.25, -0.2) is 4.79 Å². The predicted octanol–water partition coefficient (Wildman–Crippen LogP) is 3.73. The van der Waals surface area contributed by atoms with E-state index in [0.29, 0.717) is 13.0 Å². The van der Waals surface area contributed by atoms with Crippen molar-refractivity contribution in [3.8, 4) is 17.2 Å². The number of anilines is 1. The SMILES string of the molecule is CN(CCC#N)C(=O)Nc1ccc(-c2ccccc2)cc1. The van der Waals surface area contributed by atoms with E-state index < -0.39 is 0 Å². The first-order valence-electron chi connectivity index (χ1n) is 6.75. The predicted molar refractivity (Wildman–Crippen MR) is 83.8 cm³/mol. The van der Waals surface area contributed by atoms with Gasteiger partial charge in [-0.1, -0.05) is 42.5 Å². The Balaban J connectivity index is 2.00. The van der Waals surface area contributed by atoms with E-state index >= 15 is 0 Å². The molecule has 4 heteroatoms. The van der Waals surface area contributed by atoms with Crippen LogP contribution in [0.3, 0.4) is 0 Å². The highest BCUT2D eigenvalue weighted by Crippen LogP contribution is 2.21. The van der Waals surface area contributed by atoms with E-state index in [1.165, 1.54) is 4.90 Å². The normalized spacial score (nSPS) is 9.71. The maximum atomic E-state index is 11.9. The van der Waals surface area contributed by atoms with Gasteiger partial charge in [-0.05, 0) is 23.3 Å². The third-order valence-corrected chi connectivity index (χ3v) is 3.15. The first-order chi connectivity index (χ1) is 10.2. The second kappa shape index (κ2) is 7.11. The summed E-state index contributed by atoms with van der Waals surface area (Å²) in [4.78, 5) is 13.4. The number of hydrogen-bond acceptors (Lipinski definition) is 2. The second-order valence-corrected chi connectivity index (χ2v) is 4.70. The van der Waals surface area contributed by atoms with E-state index in [2.05, 4.69) is 5.32 Å². The highest BCUT2D eigenvalue weighted by molar-refractivity contribution is 5.89. The molecule has 2 aromatic rings. The molecule has 0 aliphatic carbocycles. The van der Waals surface area contributed by atoms with Crippen molar-refractivity contribution < 1.29 is 4.79 Å². The highest BCUT2D eigenvalue weighted by Gasteiger charge is 2.08. The molecule has 0 saturated carbocycles. The Bertz CT molecular complexity index is 629. The van der Waals surface area contributed by atoms with Gasteiger partial charge in [0.25, 0.3) is 0 Å². The lowest BCUT2D eigenvalue weighted by molar-refractivity contribution is 0.223. The van der Waals surface area contributed by atoms with Crippen LogP contribution >= 0.6 is 0 Å². The van der Waals surface area contributed by atoms with Gasteiger partial charge in [-0.3, -0.25) is 0 Å². The van der Waals surface area contributed by atoms with Crippen LogP contribution < -0.4 is 5.32 Å². The van der Waals surface area contributed by atoms with E-state index in [1.807, 2.05) is 60.7 Å². The standard InChI is InChI=1S/C17H17N3O/c1-20(13-5-12-18)17(21)19-16-10-8-15(9-11-16)14-6-3-2-4-7-14/h2-4,6-11H,5,13H2,1H3,(H,19,21). The van der Waals surface area contributed by atoms with Crippen molar-refractivity contribution >= 4 is 11.7 Å². The van der Waals surface area contributed by atoms with Crippen molar-refractivity contribution in [1.82, 2.24) is 4.90 Å². The van der Waals surface area contributed by atoms with Crippen LogP contribution in [0.1, 0.15) is 6.42 Å². The summed E-state index contributed by atoms with van der Waals surface area (Å²) in [6.07, 6.45) is 0.330. The number of rotatable bonds is 4. The molecule has 2 amide bonds. The smallest absolute Gasteiger partial charge is 0.321 e. The maximum Gasteiger partial charge on any atom is 0.321 e. The Labute approximate surface area is 124 Å². The Morgan fingerprint density at radius 2 is 1.71 bits per heavy atom. The van der Waals surface area contributed by atoms with Gasteiger partial charge in [-0.2, -0.15) is 5.26 Å². The number of hydrogen-bond donors (Lipinski definition) is 1. The van der Waals surface area contributed by atoms with Gasteiger partial charge in [0.1, 0.15) is 0 Å². The lowest BCUT2D eigenvalue weighted by Crippen LogP contribution is -2.31. The Morgan fingerprint density at radius 3 is 2.33 bits per heavy atom. The zero-order chi connectivity index (χ0) is 15.1. The molecule has 21 heavy (non-hydrogen) atoms. The van der Waals surface area contributed by atoms with Crippen LogP contribution in [0.2, 0.25) is 0 Å². The summed E-state index contributed by atoms with van der Waals surface area (Å²) in [7, 11) is 1.67. The van der Waals surface area contributed by atoms with E-state index in [0.717, 1.165) is 16.8 Å². The first-order valence-corrected chi connectivity index (χ1v) is 6.75. The number of nitrogens with one attached hydrogen (secondary N) is 1. The molecule has 0 atom stereocenters. The van der Waals surface area contributed by atoms with E-state index in [1.54, 1.807) is 7.05 Å². The van der Waals surface area contributed by atoms with Crippen molar-refractivity contribution in [2.45, 2.75) is 6.42 Å². The molecule has 1 N–H and O–H groups in total. The van der Waals surface area contributed by atoms with Crippen LogP contribution in [0.25, 0.3) is 11.1 Å². The molecule has 0 bridgehead atoms. The zero-order valence-corrected chi connectivity index (χ0v) is 11.9. The van der Waals surface area contributed by atoms with Crippen molar-refractivity contribution in [2.75, 3.05) is 18.9 Å². The summed E-state index contributed by atoms with van der Waals surface area (Å²) in [5.41, 5.74) is 2.98. The summed E-state index contributed by atoms with van der Waals surface area (Å²) in [6, 6.07) is 19.6. The number of nitriles is 1. The summed E-state index contributed by atoms with van der Waals surface area (Å²) in [5.74, 6) is 0. The van der Waals surface area contributed by atoms with Crippen molar-refractivity contribution in [3.05, 3.63) is 54.6 Å². The number of carbonyl (C=O) groups excluding carboxylic acids is 1. The number of nitrogens with zero attached hydrogens (tertiary/aromatic N) is 2. The van der Waals surface area contributed by atoms with E-state index in [4.69, 9.17) is 5.26 Å². The van der Waals surface area contributed by atoms with E-state index in [-0.39, 0.29) is 6.03 Å². The molecule has 0 spiro atoms. The summed E-state index contributed by atoms with van der Waals surface area (Å²) < 4.78 is 0. The van der Waals surface area contributed by atoms with Gasteiger partial charge >= 0.3 is 6.03 Å². The van der Waals surface area contributed by atoms with Crippen LogP contribution in [-0.4, -0.2) is 24.5 Å². The van der Waals surface area contributed by atoms with Gasteiger partial charge in [0.05, 0.1) is 12.5 Å². The van der Waals surface area contributed by atoms with Gasteiger partial charge in [0.2, 0.25) is 0 Å². The van der Waals surface area contributed by atoms with Crippen LogP contribution in [0.4, 0.5) is 10.5 Å². The molecule has 0 aliphatic heterocycles. The van der Waals surface area contributed by atoms with Gasteiger partial charge in [-0.15, -0.1) is 0 Å². The largest absolute Gasteiger partial charge is 0.327 e. The number of benzene rings is 2. The monoisotopic (exact) mass is 279 g/mol. The van der Waals surface area contributed by atoms with Gasteiger partial charge in [0.15, 0.2) is 0 Å². The topological polar surface area (TPSA) is 56.1 Å². The fraction of sp³-hybridized carbons (Fsp3) is 0.176. The third kappa shape index (κ3) is 4.08. The van der Waals surface area contributed by atoms with Crippen LogP contribution in [0.15, 0.2) is 54.6 Å². The molecule has 0 radical (unpaired) electrons. The highest BCUT2D eigenvalue weighted by atomic mass is 16.2. The minimum atomic E-state index is -0.210. The Morgan fingerprint density at radius 1 is 1.10 bits per heavy atom. The van der Waals surface area contributed by atoms with Crippen LogP contribution in [-0.2, 0) is 0 Å². The molecule has 0 aliphatic rings. The molecule has 0 fully saturated rings. The first kappa shape index (κ1) is 14.6. The summed E-state index contributed by atoms with van der Waals surface area (Å²) >= 11 is 0. The average molecular weight is 279 g/mol. The molecule has 2 rings (SSSR count). The lowest BCUT2D eigenvalue weighted by atomic mass is 10.1. The minimum absolute atomic E-state index is 0.210. The maximum absolute atomic E-state index is 11.9. The molecular weight excluding hydrogens is 262 g/mol. The minimum Gasteiger partial charge on any atom is -0.327 e. The molecule has 0 unspecified atom stereocenters. The number of amides is 2. The zero-order valence-electron chi connectivity index (χ0n) is 11.9. The molecule has 0 heterocycles. The third-order valence-electron chi connectivity index (χ3n) is 3.15. The van der Waals surface area contributed by atoms with E-state index in [9.17, 15) is 4.79 Å². The fourth-order valence-corrected chi connectivity index (χ4v) is 1.91. The van der Waals surface area contributed by atoms with Crippen LogP contribution in [0.5, 0.6) is 0 Å². The van der Waals surface area contributed by atoms with Gasteiger partial charge < -0.3 is 10.2 Å². The van der Waals surface area contributed by atoms with Crippen molar-refractivity contribution in [3.63, 3.8) is 0 Å². The quantitative estimate of drug-likeness (QED) is 0.927. The molecule has 106 valence electrons. The molecule has 0 saturated heterocycles. The molecule has 4 nitrogen and oxygen atoms in total. The summed E-state index contributed by atoms with van der Waals surface area (Å²) in [5, 5.41) is 11.3. The molecular formula is C17H17N3O. The number of carbonyl (C=O) groups is 1. The van der Waals surface area contributed by atoms with Crippen LogP contribution in [0, 0.1) is 11.3 Å². The summed E-state index contributed by atoms with van der Waals surface area (Å²) in [6.45, 7) is 0.421. The second-order valence-electron chi connectivity index (χ2n) is 4.70. The Hall–Kier alpha value is -2.80. The van der Waals surface area contributed by atoms with Gasteiger partial charge in [0, 0.05) is 19.3 Å². The van der Waals surface area contributed by atoms with Crippen molar-refractivity contribution in [1.29, 1.82) is 5.26 Å². The molecule has 0 aromatic heterocycles. The number of urea groups is 1. The van der Waals surface area contributed by atoms with Crippen molar-refractivity contribution in [2.24, 2.45) is 0 Å². The molecule has 2 aromatic carbocycles. The Kier molecular flexibility index (Phi) is 4.94. The average Bonchev–Trinajstić information content (AvgIpc) is 2.54.